The summed E-state index contributed by atoms with van der Waals surface area (Å²) < 4.78 is 0. The van der Waals surface area contributed by atoms with Gasteiger partial charge in [0.05, 0.1) is 12.0 Å². The zero-order valence-corrected chi connectivity index (χ0v) is 18.1. The second kappa shape index (κ2) is 8.81. The van der Waals surface area contributed by atoms with E-state index >= 15 is 0 Å². The molecule has 2 aliphatic heterocycles. The molecule has 5 N–H and O–H groups in total. The molecule has 2 aromatic carbocycles. The van der Waals surface area contributed by atoms with E-state index in [0.29, 0.717) is 29.8 Å². The van der Waals surface area contributed by atoms with Crippen molar-refractivity contribution in [2.45, 2.75) is 25.4 Å². The Kier molecular flexibility index (Phi) is 5.54. The van der Waals surface area contributed by atoms with Gasteiger partial charge in [0.2, 0.25) is 11.8 Å². The number of H-pyrrole nitrogens is 1. The smallest absolute Gasteiger partial charge is 0.319 e. The molecule has 0 spiro atoms. The van der Waals surface area contributed by atoms with Crippen LogP contribution in [0.2, 0.25) is 0 Å². The molecule has 5 rings (SSSR count). The number of imidazole rings is 1. The second-order valence-corrected chi connectivity index (χ2v) is 8.25. The topological polar surface area (TPSA) is 145 Å². The molecule has 0 saturated carbocycles. The molecule has 10 nitrogen and oxygen atoms in total. The van der Waals surface area contributed by atoms with E-state index in [2.05, 4.69) is 31.2 Å². The summed E-state index contributed by atoms with van der Waals surface area (Å²) in [5.41, 5.74) is 3.51. The first-order valence-corrected chi connectivity index (χ1v) is 10.9. The van der Waals surface area contributed by atoms with Gasteiger partial charge in [-0.25, -0.2) is 9.78 Å². The highest BCUT2D eigenvalue weighted by Crippen LogP contribution is 2.31. The number of aromatic amines is 1. The molecule has 5 amide bonds. The van der Waals surface area contributed by atoms with Crippen LogP contribution in [0.3, 0.4) is 0 Å². The van der Waals surface area contributed by atoms with Gasteiger partial charge < -0.3 is 20.9 Å². The fourth-order valence-corrected chi connectivity index (χ4v) is 4.33. The van der Waals surface area contributed by atoms with E-state index < -0.39 is 23.9 Å². The minimum absolute atomic E-state index is 0.150. The summed E-state index contributed by atoms with van der Waals surface area (Å²) in [6.07, 6.45) is 3.89. The third-order valence-electron chi connectivity index (χ3n) is 6.06. The van der Waals surface area contributed by atoms with Crippen molar-refractivity contribution < 1.29 is 19.2 Å². The molecule has 3 heterocycles. The van der Waals surface area contributed by atoms with Crippen molar-refractivity contribution in [3.05, 3.63) is 71.5 Å². The minimum atomic E-state index is -0.684. The van der Waals surface area contributed by atoms with Gasteiger partial charge in [0.1, 0.15) is 5.82 Å². The van der Waals surface area contributed by atoms with Crippen LogP contribution in [0.1, 0.15) is 40.4 Å². The van der Waals surface area contributed by atoms with Crippen LogP contribution in [-0.2, 0) is 16.1 Å². The number of rotatable bonds is 5. The SMILES string of the molecule is O=C1CCC(C(NC(=O)Nc2ccc(-c3ncc[nH]3)cc2)c2ccc3c(c2)CNC3=O)C(=O)N1. The number of carbonyl (C=O) groups is 4. The van der Waals surface area contributed by atoms with Gasteiger partial charge in [-0.15, -0.1) is 0 Å². The molecule has 3 aromatic rings. The van der Waals surface area contributed by atoms with Crippen LogP contribution in [0.5, 0.6) is 0 Å². The Hall–Kier alpha value is -4.47. The molecule has 1 saturated heterocycles. The zero-order chi connectivity index (χ0) is 23.7. The van der Waals surface area contributed by atoms with E-state index in [0.717, 1.165) is 17.0 Å². The Morgan fingerprint density at radius 3 is 2.65 bits per heavy atom. The summed E-state index contributed by atoms with van der Waals surface area (Å²) in [7, 11) is 0. The van der Waals surface area contributed by atoms with E-state index in [1.54, 1.807) is 36.7 Å². The van der Waals surface area contributed by atoms with Crippen LogP contribution >= 0.6 is 0 Å². The maximum absolute atomic E-state index is 12.9. The van der Waals surface area contributed by atoms with Crippen molar-refractivity contribution >= 4 is 29.4 Å². The minimum Gasteiger partial charge on any atom is -0.348 e. The van der Waals surface area contributed by atoms with Gasteiger partial charge in [0.15, 0.2) is 0 Å². The number of hydrogen-bond donors (Lipinski definition) is 5. The summed E-state index contributed by atoms with van der Waals surface area (Å²) >= 11 is 0. The average Bonchev–Trinajstić information content (AvgIpc) is 3.49. The van der Waals surface area contributed by atoms with E-state index in [1.165, 1.54) is 0 Å². The van der Waals surface area contributed by atoms with Crippen LogP contribution in [0.15, 0.2) is 54.9 Å². The maximum atomic E-state index is 12.9. The lowest BCUT2D eigenvalue weighted by Gasteiger charge is -2.30. The number of fused-ring (bicyclic) bond motifs is 1. The first-order chi connectivity index (χ1) is 16.5. The number of carbonyl (C=O) groups excluding carboxylic acids is 4. The Labute approximate surface area is 194 Å². The molecule has 1 fully saturated rings. The second-order valence-electron chi connectivity index (χ2n) is 8.25. The molecular formula is C24H22N6O4. The van der Waals surface area contributed by atoms with Crippen molar-refractivity contribution in [1.82, 2.24) is 25.9 Å². The number of benzene rings is 2. The molecule has 34 heavy (non-hydrogen) atoms. The first-order valence-electron chi connectivity index (χ1n) is 10.9. The maximum Gasteiger partial charge on any atom is 0.319 e. The van der Waals surface area contributed by atoms with Crippen LogP contribution in [-0.4, -0.2) is 33.7 Å². The number of piperidine rings is 1. The van der Waals surface area contributed by atoms with Crippen LogP contribution in [0, 0.1) is 5.92 Å². The summed E-state index contributed by atoms with van der Waals surface area (Å²) in [4.78, 5) is 56.3. The van der Waals surface area contributed by atoms with Crippen molar-refractivity contribution in [2.24, 2.45) is 5.92 Å². The monoisotopic (exact) mass is 458 g/mol. The predicted octanol–water partition coefficient (Wildman–Crippen LogP) is 2.24. The van der Waals surface area contributed by atoms with Crippen LogP contribution in [0.4, 0.5) is 10.5 Å². The highest BCUT2D eigenvalue weighted by atomic mass is 16.2. The van der Waals surface area contributed by atoms with Gasteiger partial charge in [0.25, 0.3) is 5.91 Å². The number of nitrogens with one attached hydrogen (secondary N) is 5. The normalized spacial score (nSPS) is 18.0. The molecule has 0 radical (unpaired) electrons. The quantitative estimate of drug-likeness (QED) is 0.372. The van der Waals surface area contributed by atoms with Crippen LogP contribution < -0.4 is 21.3 Å². The number of imide groups is 1. The molecule has 0 aliphatic carbocycles. The number of hydrogen-bond acceptors (Lipinski definition) is 5. The Balaban J connectivity index is 1.36. The fourth-order valence-electron chi connectivity index (χ4n) is 4.33. The molecule has 0 bridgehead atoms. The average molecular weight is 458 g/mol. The fraction of sp³-hybridized carbons (Fsp3) is 0.208. The standard InChI is InChI=1S/C24H22N6O4/c31-19-8-7-18(23(33)29-19)20(14-3-6-17-15(11-14)12-27-22(17)32)30-24(34)28-16-4-1-13(2-5-16)21-25-9-10-26-21/h1-6,9-11,18,20H,7-8,12H2,(H,25,26)(H,27,32)(H2,28,30,34)(H,29,31,33). The summed E-state index contributed by atoms with van der Waals surface area (Å²) in [6.45, 7) is 0.387. The Morgan fingerprint density at radius 2 is 1.91 bits per heavy atom. The van der Waals surface area contributed by atoms with E-state index in [1.807, 2.05) is 18.2 Å². The van der Waals surface area contributed by atoms with E-state index in [4.69, 9.17) is 0 Å². The lowest BCUT2D eigenvalue weighted by molar-refractivity contribution is -0.137. The van der Waals surface area contributed by atoms with Gasteiger partial charge in [-0.2, -0.15) is 0 Å². The summed E-state index contributed by atoms with van der Waals surface area (Å²) in [5.74, 6) is -0.821. The summed E-state index contributed by atoms with van der Waals surface area (Å²) in [5, 5.41) is 10.8. The van der Waals surface area contributed by atoms with Crippen molar-refractivity contribution in [1.29, 1.82) is 0 Å². The zero-order valence-electron chi connectivity index (χ0n) is 18.1. The predicted molar refractivity (Wildman–Crippen MR) is 122 cm³/mol. The molecule has 2 unspecified atom stereocenters. The third kappa shape index (κ3) is 4.25. The highest BCUT2D eigenvalue weighted by molar-refractivity contribution is 6.00. The van der Waals surface area contributed by atoms with E-state index in [-0.39, 0.29) is 18.2 Å². The van der Waals surface area contributed by atoms with Crippen molar-refractivity contribution in [3.8, 4) is 11.4 Å². The van der Waals surface area contributed by atoms with Gasteiger partial charge in [0, 0.05) is 42.2 Å². The molecular weight excluding hydrogens is 436 g/mol. The number of anilines is 1. The van der Waals surface area contributed by atoms with Gasteiger partial charge >= 0.3 is 6.03 Å². The lowest BCUT2D eigenvalue weighted by atomic mass is 9.85. The molecule has 2 atom stereocenters. The Morgan fingerprint density at radius 1 is 1.09 bits per heavy atom. The van der Waals surface area contributed by atoms with E-state index in [9.17, 15) is 19.2 Å². The molecule has 172 valence electrons. The first kappa shape index (κ1) is 21.4. The van der Waals surface area contributed by atoms with Gasteiger partial charge in [-0.3, -0.25) is 19.7 Å². The van der Waals surface area contributed by atoms with Crippen molar-refractivity contribution in [3.63, 3.8) is 0 Å². The molecule has 10 heteroatoms. The Bertz CT molecular complexity index is 1270. The lowest BCUT2D eigenvalue weighted by Crippen LogP contribution is -2.47. The van der Waals surface area contributed by atoms with Crippen molar-refractivity contribution in [2.75, 3.05) is 5.32 Å². The number of nitrogens with zero attached hydrogens (tertiary/aromatic N) is 1. The van der Waals surface area contributed by atoms with Gasteiger partial charge in [-0.05, 0) is 47.9 Å². The number of urea groups is 1. The third-order valence-corrected chi connectivity index (χ3v) is 6.06. The largest absolute Gasteiger partial charge is 0.348 e. The number of amides is 5. The molecule has 1 aromatic heterocycles. The van der Waals surface area contributed by atoms with Gasteiger partial charge in [-0.1, -0.05) is 12.1 Å². The highest BCUT2D eigenvalue weighted by Gasteiger charge is 2.36. The molecule has 2 aliphatic rings. The van der Waals surface area contributed by atoms with Crippen LogP contribution in [0.25, 0.3) is 11.4 Å². The summed E-state index contributed by atoms with van der Waals surface area (Å²) in [6, 6.07) is 11.2. The number of aromatic nitrogens is 2.